The molecule has 1 aromatic rings. The molecule has 1 atom stereocenters. The zero-order valence-electron chi connectivity index (χ0n) is 8.23. The lowest BCUT2D eigenvalue weighted by molar-refractivity contribution is -0.118. The number of nitrogens with one attached hydrogen (secondary N) is 1. The molecule has 0 fully saturated rings. The Morgan fingerprint density at radius 3 is 2.67 bits per heavy atom. The van der Waals surface area contributed by atoms with Crippen LogP contribution in [0.25, 0.3) is 0 Å². The first-order chi connectivity index (χ1) is 7.02. The standard InChI is InChI=1S/C9H12N4O2/c1-5(7(10)14)13-9-6(8(11)15)3-2-4-12-9/h2-5H,1H3,(H2,10,14)(H2,11,15)(H,12,13). The summed E-state index contributed by atoms with van der Waals surface area (Å²) in [4.78, 5) is 25.7. The number of pyridine rings is 1. The van der Waals surface area contributed by atoms with E-state index in [1.807, 2.05) is 0 Å². The van der Waals surface area contributed by atoms with E-state index in [9.17, 15) is 9.59 Å². The zero-order chi connectivity index (χ0) is 11.4. The molecule has 0 saturated heterocycles. The van der Waals surface area contributed by atoms with Crippen molar-refractivity contribution in [1.82, 2.24) is 4.98 Å². The number of carbonyl (C=O) groups excluding carboxylic acids is 2. The second-order valence-corrected chi connectivity index (χ2v) is 3.03. The fourth-order valence-electron chi connectivity index (χ4n) is 0.995. The van der Waals surface area contributed by atoms with Gasteiger partial charge < -0.3 is 16.8 Å². The number of hydrogen-bond donors (Lipinski definition) is 3. The second kappa shape index (κ2) is 4.41. The summed E-state index contributed by atoms with van der Waals surface area (Å²) in [5, 5.41) is 2.70. The molecule has 5 N–H and O–H groups in total. The summed E-state index contributed by atoms with van der Waals surface area (Å²) in [6, 6.07) is 2.49. The Morgan fingerprint density at radius 2 is 2.13 bits per heavy atom. The van der Waals surface area contributed by atoms with Crippen molar-refractivity contribution >= 4 is 17.6 Å². The summed E-state index contributed by atoms with van der Waals surface area (Å²) in [7, 11) is 0. The van der Waals surface area contributed by atoms with E-state index in [-0.39, 0.29) is 11.4 Å². The molecule has 1 unspecified atom stereocenters. The van der Waals surface area contributed by atoms with E-state index in [1.54, 1.807) is 13.0 Å². The number of amides is 2. The van der Waals surface area contributed by atoms with Gasteiger partial charge in [0.2, 0.25) is 5.91 Å². The number of primary amides is 2. The quantitative estimate of drug-likeness (QED) is 0.617. The molecule has 0 aliphatic heterocycles. The van der Waals surface area contributed by atoms with E-state index in [4.69, 9.17) is 11.5 Å². The van der Waals surface area contributed by atoms with E-state index in [1.165, 1.54) is 12.3 Å². The SMILES string of the molecule is CC(Nc1ncccc1C(N)=O)C(N)=O. The molecule has 0 bridgehead atoms. The summed E-state index contributed by atoms with van der Waals surface area (Å²) in [6.07, 6.45) is 1.49. The number of nitrogens with zero attached hydrogens (tertiary/aromatic N) is 1. The third-order valence-corrected chi connectivity index (χ3v) is 1.85. The summed E-state index contributed by atoms with van der Waals surface area (Å²) < 4.78 is 0. The fraction of sp³-hybridized carbons (Fsp3) is 0.222. The van der Waals surface area contributed by atoms with Gasteiger partial charge in [-0.1, -0.05) is 0 Å². The maximum atomic E-state index is 11.0. The first-order valence-corrected chi connectivity index (χ1v) is 4.33. The molecule has 0 aliphatic rings. The molecule has 1 aromatic heterocycles. The molecular weight excluding hydrogens is 196 g/mol. The van der Waals surface area contributed by atoms with Gasteiger partial charge in [-0.05, 0) is 19.1 Å². The highest BCUT2D eigenvalue weighted by Gasteiger charge is 2.13. The Balaban J connectivity index is 2.94. The Hall–Kier alpha value is -2.11. The second-order valence-electron chi connectivity index (χ2n) is 3.03. The summed E-state index contributed by atoms with van der Waals surface area (Å²) in [5.74, 6) is -0.880. The van der Waals surface area contributed by atoms with Crippen LogP contribution in [0, 0.1) is 0 Å². The van der Waals surface area contributed by atoms with Gasteiger partial charge in [0.1, 0.15) is 11.9 Å². The smallest absolute Gasteiger partial charge is 0.252 e. The summed E-state index contributed by atoms with van der Waals surface area (Å²) in [5.41, 5.74) is 10.4. The average molecular weight is 208 g/mol. The number of aromatic nitrogens is 1. The molecule has 1 rings (SSSR count). The minimum Gasteiger partial charge on any atom is -0.368 e. The van der Waals surface area contributed by atoms with Crippen LogP contribution >= 0.6 is 0 Å². The third kappa shape index (κ3) is 2.67. The van der Waals surface area contributed by atoms with Crippen LogP contribution in [0.2, 0.25) is 0 Å². The van der Waals surface area contributed by atoms with E-state index in [0.717, 1.165) is 0 Å². The van der Waals surface area contributed by atoms with Crippen molar-refractivity contribution in [1.29, 1.82) is 0 Å². The van der Waals surface area contributed by atoms with Gasteiger partial charge in [-0.3, -0.25) is 9.59 Å². The first kappa shape index (κ1) is 11.0. The topological polar surface area (TPSA) is 111 Å². The van der Waals surface area contributed by atoms with Gasteiger partial charge in [0.05, 0.1) is 5.56 Å². The van der Waals surface area contributed by atoms with Crippen LogP contribution in [0.1, 0.15) is 17.3 Å². The normalized spacial score (nSPS) is 11.8. The molecule has 0 aromatic carbocycles. The van der Waals surface area contributed by atoms with E-state index >= 15 is 0 Å². The molecule has 0 saturated carbocycles. The van der Waals surface area contributed by atoms with Gasteiger partial charge in [0.15, 0.2) is 0 Å². The molecular formula is C9H12N4O2. The molecule has 0 aliphatic carbocycles. The molecule has 6 nitrogen and oxygen atoms in total. The van der Waals surface area contributed by atoms with Crippen molar-refractivity contribution < 1.29 is 9.59 Å². The van der Waals surface area contributed by atoms with Crippen molar-refractivity contribution in [2.75, 3.05) is 5.32 Å². The molecule has 0 radical (unpaired) electrons. The van der Waals surface area contributed by atoms with Crippen molar-refractivity contribution in [3.8, 4) is 0 Å². The first-order valence-electron chi connectivity index (χ1n) is 4.33. The Morgan fingerprint density at radius 1 is 1.47 bits per heavy atom. The maximum absolute atomic E-state index is 11.0. The van der Waals surface area contributed by atoms with Gasteiger partial charge in [0.25, 0.3) is 5.91 Å². The van der Waals surface area contributed by atoms with Crippen LogP contribution in [0.3, 0.4) is 0 Å². The Labute approximate surface area is 86.7 Å². The minimum atomic E-state index is -0.613. The van der Waals surface area contributed by atoms with Gasteiger partial charge in [0, 0.05) is 6.20 Å². The molecule has 1 heterocycles. The van der Waals surface area contributed by atoms with Crippen LogP contribution in [-0.4, -0.2) is 22.8 Å². The average Bonchev–Trinajstić information content (AvgIpc) is 2.18. The highest BCUT2D eigenvalue weighted by atomic mass is 16.1. The Kier molecular flexibility index (Phi) is 3.22. The van der Waals surface area contributed by atoms with Crippen molar-refractivity contribution in [2.24, 2.45) is 11.5 Å². The highest BCUT2D eigenvalue weighted by Crippen LogP contribution is 2.11. The third-order valence-electron chi connectivity index (χ3n) is 1.85. The number of nitrogens with two attached hydrogens (primary N) is 2. The summed E-state index contributed by atoms with van der Waals surface area (Å²) in [6.45, 7) is 1.57. The largest absolute Gasteiger partial charge is 0.368 e. The Bertz CT molecular complexity index is 391. The minimum absolute atomic E-state index is 0.227. The molecule has 2 amide bonds. The highest BCUT2D eigenvalue weighted by molar-refractivity contribution is 5.98. The lowest BCUT2D eigenvalue weighted by atomic mass is 10.2. The molecule has 15 heavy (non-hydrogen) atoms. The summed E-state index contributed by atoms with van der Waals surface area (Å²) >= 11 is 0. The molecule has 6 heteroatoms. The molecule has 0 spiro atoms. The maximum Gasteiger partial charge on any atom is 0.252 e. The number of rotatable bonds is 4. The predicted octanol–water partition coefficient (Wildman–Crippen LogP) is -0.534. The van der Waals surface area contributed by atoms with Crippen LogP contribution in [0.4, 0.5) is 5.82 Å². The van der Waals surface area contributed by atoms with Crippen LogP contribution in [0.5, 0.6) is 0 Å². The van der Waals surface area contributed by atoms with E-state index < -0.39 is 17.9 Å². The van der Waals surface area contributed by atoms with Crippen LogP contribution in [0.15, 0.2) is 18.3 Å². The van der Waals surface area contributed by atoms with Crippen LogP contribution in [-0.2, 0) is 4.79 Å². The van der Waals surface area contributed by atoms with Gasteiger partial charge in [-0.15, -0.1) is 0 Å². The monoisotopic (exact) mass is 208 g/mol. The number of hydrogen-bond acceptors (Lipinski definition) is 4. The van der Waals surface area contributed by atoms with Crippen molar-refractivity contribution in [3.63, 3.8) is 0 Å². The van der Waals surface area contributed by atoms with Crippen molar-refractivity contribution in [2.45, 2.75) is 13.0 Å². The lowest BCUT2D eigenvalue weighted by Gasteiger charge is -2.12. The number of carbonyl (C=O) groups is 2. The van der Waals surface area contributed by atoms with Gasteiger partial charge >= 0.3 is 0 Å². The van der Waals surface area contributed by atoms with E-state index in [0.29, 0.717) is 0 Å². The fourth-order valence-corrected chi connectivity index (χ4v) is 0.995. The zero-order valence-corrected chi connectivity index (χ0v) is 8.23. The lowest BCUT2D eigenvalue weighted by Crippen LogP contribution is -2.33. The van der Waals surface area contributed by atoms with E-state index in [2.05, 4.69) is 10.3 Å². The van der Waals surface area contributed by atoms with Gasteiger partial charge in [-0.25, -0.2) is 4.98 Å². The number of anilines is 1. The van der Waals surface area contributed by atoms with Crippen molar-refractivity contribution in [3.05, 3.63) is 23.9 Å². The predicted molar refractivity (Wildman–Crippen MR) is 55.0 cm³/mol. The van der Waals surface area contributed by atoms with Gasteiger partial charge in [-0.2, -0.15) is 0 Å². The van der Waals surface area contributed by atoms with Crippen LogP contribution < -0.4 is 16.8 Å². The molecule has 80 valence electrons.